The van der Waals surface area contributed by atoms with Gasteiger partial charge in [-0.15, -0.1) is 0 Å². The molecule has 2 aromatic carbocycles. The van der Waals surface area contributed by atoms with Gasteiger partial charge in [-0.3, -0.25) is 14.5 Å². The smallest absolute Gasteiger partial charge is 0.251 e. The van der Waals surface area contributed by atoms with Gasteiger partial charge in [-0.25, -0.2) is 0 Å². The average Bonchev–Trinajstić information content (AvgIpc) is 3.28. The van der Waals surface area contributed by atoms with Crippen LogP contribution in [0, 0.1) is 6.92 Å². The Bertz CT molecular complexity index is 1070. The van der Waals surface area contributed by atoms with E-state index in [4.69, 9.17) is 9.47 Å². The van der Waals surface area contributed by atoms with Gasteiger partial charge in [0.2, 0.25) is 12.7 Å². The number of fused-ring (bicyclic) bond motifs is 1. The molecule has 0 aromatic heterocycles. The van der Waals surface area contributed by atoms with Crippen molar-refractivity contribution in [2.45, 2.75) is 50.3 Å². The summed E-state index contributed by atoms with van der Waals surface area (Å²) >= 11 is 0. The third-order valence-corrected chi connectivity index (χ3v) is 7.17. The average molecular weight is 466 g/mol. The quantitative estimate of drug-likeness (QED) is 0.604. The molecule has 2 fully saturated rings. The van der Waals surface area contributed by atoms with Gasteiger partial charge in [-0.1, -0.05) is 23.8 Å². The molecule has 0 bridgehead atoms. The molecule has 180 valence electrons. The highest BCUT2D eigenvalue weighted by atomic mass is 16.7. The number of nitrogens with one attached hydrogen (secondary N) is 2. The van der Waals surface area contributed by atoms with Crippen LogP contribution in [0.1, 0.15) is 47.2 Å². The van der Waals surface area contributed by atoms with Gasteiger partial charge in [-0.2, -0.15) is 0 Å². The molecule has 1 saturated heterocycles. The highest BCUT2D eigenvalue weighted by Crippen LogP contribution is 2.43. The Morgan fingerprint density at radius 1 is 1.09 bits per heavy atom. The van der Waals surface area contributed by atoms with Crippen molar-refractivity contribution in [1.29, 1.82) is 0 Å². The first kappa shape index (κ1) is 22.7. The molecule has 2 amide bonds. The van der Waals surface area contributed by atoms with Crippen molar-refractivity contribution in [3.05, 3.63) is 59.2 Å². The van der Waals surface area contributed by atoms with Crippen LogP contribution in [0.3, 0.4) is 0 Å². The van der Waals surface area contributed by atoms with Crippen molar-refractivity contribution in [1.82, 2.24) is 15.5 Å². The van der Waals surface area contributed by atoms with E-state index >= 15 is 0 Å². The number of hydrogen-bond donors (Lipinski definition) is 3. The number of aryl methyl sites for hydroxylation is 1. The minimum absolute atomic E-state index is 0.0325. The summed E-state index contributed by atoms with van der Waals surface area (Å²) < 4.78 is 10.8. The summed E-state index contributed by atoms with van der Waals surface area (Å²) in [6.07, 6.45) is 3.18. The van der Waals surface area contributed by atoms with Crippen LogP contribution < -0.4 is 20.1 Å². The zero-order valence-corrected chi connectivity index (χ0v) is 19.4. The lowest BCUT2D eigenvalue weighted by atomic mass is 9.76. The second kappa shape index (κ2) is 9.27. The number of nitrogens with zero attached hydrogens (tertiary/aromatic N) is 1. The first-order valence-corrected chi connectivity index (χ1v) is 11.9. The fraction of sp³-hybridized carbons (Fsp3) is 0.462. The summed E-state index contributed by atoms with van der Waals surface area (Å²) in [5, 5.41) is 16.9. The lowest BCUT2D eigenvalue weighted by Crippen LogP contribution is -2.63. The second-order valence-corrected chi connectivity index (χ2v) is 9.60. The number of ether oxygens (including phenoxy) is 2. The van der Waals surface area contributed by atoms with Crippen LogP contribution in [-0.2, 0) is 10.4 Å². The van der Waals surface area contributed by atoms with Gasteiger partial charge in [-0.05, 0) is 62.4 Å². The first-order chi connectivity index (χ1) is 16.4. The zero-order valence-electron chi connectivity index (χ0n) is 19.4. The molecule has 8 heteroatoms. The molecule has 0 atom stereocenters. The van der Waals surface area contributed by atoms with E-state index < -0.39 is 5.60 Å². The van der Waals surface area contributed by atoms with Gasteiger partial charge in [0.05, 0.1) is 18.2 Å². The van der Waals surface area contributed by atoms with E-state index in [2.05, 4.69) is 15.5 Å². The van der Waals surface area contributed by atoms with Gasteiger partial charge in [0.15, 0.2) is 11.5 Å². The summed E-state index contributed by atoms with van der Waals surface area (Å²) in [5.41, 5.74) is 1.60. The van der Waals surface area contributed by atoms with Gasteiger partial charge >= 0.3 is 0 Å². The number of rotatable bonds is 6. The number of aliphatic hydroxyl groups is 1. The van der Waals surface area contributed by atoms with Crippen molar-refractivity contribution in [3.63, 3.8) is 0 Å². The predicted molar refractivity (Wildman–Crippen MR) is 126 cm³/mol. The van der Waals surface area contributed by atoms with Crippen LogP contribution in [0.4, 0.5) is 0 Å². The summed E-state index contributed by atoms with van der Waals surface area (Å²) in [6.45, 7) is 3.71. The molecule has 2 aliphatic heterocycles. The van der Waals surface area contributed by atoms with Crippen LogP contribution >= 0.6 is 0 Å². The SMILES string of the molecule is Cc1cccc(C(=O)NCC(=O)NC2CN(C3CCC(O)(c4ccc5c(c4)OCO5)CC3)C2)c1. The van der Waals surface area contributed by atoms with E-state index in [1.54, 1.807) is 12.1 Å². The Morgan fingerprint density at radius 2 is 1.85 bits per heavy atom. The first-order valence-electron chi connectivity index (χ1n) is 11.9. The van der Waals surface area contributed by atoms with Crippen molar-refractivity contribution >= 4 is 11.8 Å². The van der Waals surface area contributed by atoms with E-state index in [1.165, 1.54) is 0 Å². The normalized spacial score (nSPS) is 24.4. The number of amides is 2. The molecule has 3 N–H and O–H groups in total. The maximum absolute atomic E-state index is 12.3. The fourth-order valence-corrected chi connectivity index (χ4v) is 5.15. The lowest BCUT2D eigenvalue weighted by molar-refractivity contribution is -0.122. The van der Waals surface area contributed by atoms with Crippen LogP contribution in [0.2, 0.25) is 0 Å². The Morgan fingerprint density at radius 3 is 2.62 bits per heavy atom. The molecular formula is C26H31N3O5. The summed E-state index contributed by atoms with van der Waals surface area (Å²) in [4.78, 5) is 26.8. The number of hydrogen-bond acceptors (Lipinski definition) is 6. The molecule has 0 unspecified atom stereocenters. The van der Waals surface area contributed by atoms with Crippen molar-refractivity contribution in [3.8, 4) is 11.5 Å². The maximum atomic E-state index is 12.3. The third kappa shape index (κ3) is 4.74. The Hall–Kier alpha value is -3.10. The summed E-state index contributed by atoms with van der Waals surface area (Å²) in [5.74, 6) is 1.01. The van der Waals surface area contributed by atoms with E-state index in [9.17, 15) is 14.7 Å². The van der Waals surface area contributed by atoms with E-state index in [0.717, 1.165) is 42.8 Å². The number of benzene rings is 2. The minimum Gasteiger partial charge on any atom is -0.454 e. The Labute approximate surface area is 199 Å². The standard InChI is InChI=1S/C26H31N3O5/c1-17-3-2-4-18(11-17)25(31)27-13-24(30)28-20-14-29(15-20)21-7-9-26(32,10-8-21)19-5-6-22-23(12-19)34-16-33-22/h2-6,11-12,20-21,32H,7-10,13-16H2,1H3,(H,27,31)(H,28,30). The van der Waals surface area contributed by atoms with Crippen molar-refractivity contribution in [2.24, 2.45) is 0 Å². The molecule has 0 spiro atoms. The van der Waals surface area contributed by atoms with Gasteiger partial charge in [0.25, 0.3) is 5.91 Å². The van der Waals surface area contributed by atoms with Crippen LogP contribution in [0.25, 0.3) is 0 Å². The molecule has 1 aliphatic carbocycles. The minimum atomic E-state index is -0.842. The summed E-state index contributed by atoms with van der Waals surface area (Å²) in [7, 11) is 0. The molecular weight excluding hydrogens is 434 g/mol. The van der Waals surface area contributed by atoms with Crippen LogP contribution in [0.15, 0.2) is 42.5 Å². The van der Waals surface area contributed by atoms with E-state index in [1.807, 2.05) is 37.3 Å². The number of likely N-dealkylation sites (tertiary alicyclic amines) is 1. The molecule has 5 rings (SSSR count). The molecule has 2 aromatic rings. The molecule has 34 heavy (non-hydrogen) atoms. The van der Waals surface area contributed by atoms with Gasteiger partial charge in [0.1, 0.15) is 0 Å². The predicted octanol–water partition coefficient (Wildman–Crippen LogP) is 2.08. The van der Waals surface area contributed by atoms with Crippen LogP contribution in [0.5, 0.6) is 11.5 Å². The van der Waals surface area contributed by atoms with E-state index in [0.29, 0.717) is 30.2 Å². The molecule has 1 saturated carbocycles. The number of carbonyl (C=O) groups is 2. The Balaban J connectivity index is 1.04. The van der Waals surface area contributed by atoms with Crippen molar-refractivity contribution in [2.75, 3.05) is 26.4 Å². The monoisotopic (exact) mass is 465 g/mol. The fourth-order valence-electron chi connectivity index (χ4n) is 5.15. The summed E-state index contributed by atoms with van der Waals surface area (Å²) in [6, 6.07) is 13.5. The van der Waals surface area contributed by atoms with E-state index in [-0.39, 0.29) is 31.2 Å². The highest BCUT2D eigenvalue weighted by molar-refractivity contribution is 5.96. The third-order valence-electron chi connectivity index (χ3n) is 7.17. The number of carbonyl (C=O) groups excluding carboxylic acids is 2. The van der Waals surface area contributed by atoms with Gasteiger partial charge < -0.3 is 25.2 Å². The topological polar surface area (TPSA) is 100 Å². The second-order valence-electron chi connectivity index (χ2n) is 9.60. The van der Waals surface area contributed by atoms with Crippen LogP contribution in [-0.4, -0.2) is 60.3 Å². The molecule has 8 nitrogen and oxygen atoms in total. The largest absolute Gasteiger partial charge is 0.454 e. The molecule has 3 aliphatic rings. The maximum Gasteiger partial charge on any atom is 0.251 e. The molecule has 0 radical (unpaired) electrons. The highest BCUT2D eigenvalue weighted by Gasteiger charge is 2.40. The van der Waals surface area contributed by atoms with Crippen molar-refractivity contribution < 1.29 is 24.2 Å². The van der Waals surface area contributed by atoms with Gasteiger partial charge in [0, 0.05) is 24.7 Å². The molecule has 2 heterocycles. The Kier molecular flexibility index (Phi) is 6.18. The lowest BCUT2D eigenvalue weighted by Gasteiger charge is -2.48. The zero-order chi connectivity index (χ0) is 23.7.